The highest BCUT2D eigenvalue weighted by molar-refractivity contribution is 6.19. The van der Waals surface area contributed by atoms with Gasteiger partial charge in [-0.3, -0.25) is 0 Å². The Bertz CT molecular complexity index is 397. The highest BCUT2D eigenvalue weighted by Gasteiger charge is 2.06. The van der Waals surface area contributed by atoms with Gasteiger partial charge in [-0.1, -0.05) is 25.5 Å². The van der Waals surface area contributed by atoms with Gasteiger partial charge in [-0.2, -0.15) is 0 Å². The molecule has 0 aromatic heterocycles. The van der Waals surface area contributed by atoms with Crippen molar-refractivity contribution in [1.29, 1.82) is 0 Å². The van der Waals surface area contributed by atoms with Gasteiger partial charge in [0.2, 0.25) is 0 Å². The number of ether oxygens (including phenoxy) is 2. The number of hydrogen-bond donors (Lipinski definition) is 0. The lowest BCUT2D eigenvalue weighted by Crippen LogP contribution is -1.96. The third-order valence-electron chi connectivity index (χ3n) is 2.67. The van der Waals surface area contributed by atoms with E-state index in [1.807, 2.05) is 18.2 Å². The first-order valence-electron chi connectivity index (χ1n) is 5.60. The van der Waals surface area contributed by atoms with Gasteiger partial charge in [-0.05, 0) is 24.1 Å². The van der Waals surface area contributed by atoms with Crippen molar-refractivity contribution in [2.24, 2.45) is 5.92 Å². The van der Waals surface area contributed by atoms with Gasteiger partial charge >= 0.3 is 0 Å². The van der Waals surface area contributed by atoms with E-state index in [0.717, 1.165) is 17.1 Å². The fourth-order valence-corrected chi connectivity index (χ4v) is 1.90. The first-order valence-corrected chi connectivity index (χ1v) is 6.14. The Hall–Kier alpha value is -1.15. The zero-order valence-electron chi connectivity index (χ0n) is 10.8. The van der Waals surface area contributed by atoms with Crippen molar-refractivity contribution >= 4 is 17.7 Å². The third-order valence-corrected chi connectivity index (χ3v) is 2.98. The Kier molecular flexibility index (Phi) is 5.36. The number of rotatable bonds is 5. The molecule has 0 bridgehead atoms. The molecule has 94 valence electrons. The average molecular weight is 255 g/mol. The van der Waals surface area contributed by atoms with Crippen LogP contribution in [0.1, 0.15) is 19.4 Å². The first kappa shape index (κ1) is 13.9. The molecule has 0 unspecified atom stereocenters. The van der Waals surface area contributed by atoms with Crippen LogP contribution in [0.2, 0.25) is 0 Å². The van der Waals surface area contributed by atoms with Gasteiger partial charge in [0.05, 0.1) is 14.2 Å². The quantitative estimate of drug-likeness (QED) is 0.740. The first-order chi connectivity index (χ1) is 8.12. The average Bonchev–Trinajstić information content (AvgIpc) is 2.35. The highest BCUT2D eigenvalue weighted by Crippen LogP contribution is 2.27. The van der Waals surface area contributed by atoms with Crippen molar-refractivity contribution in [2.45, 2.75) is 13.8 Å². The second-order valence-electron chi connectivity index (χ2n) is 4.12. The van der Waals surface area contributed by atoms with Crippen molar-refractivity contribution in [3.05, 3.63) is 29.3 Å². The van der Waals surface area contributed by atoms with Crippen molar-refractivity contribution in [3.63, 3.8) is 0 Å². The van der Waals surface area contributed by atoms with Crippen molar-refractivity contribution < 1.29 is 9.47 Å². The van der Waals surface area contributed by atoms with Gasteiger partial charge in [0.25, 0.3) is 0 Å². The van der Waals surface area contributed by atoms with E-state index in [0.29, 0.717) is 11.8 Å². The fraction of sp³-hybridized carbons (Fsp3) is 0.429. The summed E-state index contributed by atoms with van der Waals surface area (Å²) in [6, 6.07) is 5.73. The molecule has 0 fully saturated rings. The molecule has 0 heterocycles. The van der Waals surface area contributed by atoms with Gasteiger partial charge in [-0.15, -0.1) is 11.6 Å². The maximum absolute atomic E-state index is 5.94. The maximum Gasteiger partial charge on any atom is 0.126 e. The molecule has 0 aliphatic heterocycles. The molecular weight excluding hydrogens is 236 g/mol. The zero-order valence-corrected chi connectivity index (χ0v) is 11.5. The summed E-state index contributed by atoms with van der Waals surface area (Å²) in [5.41, 5.74) is 2.18. The molecule has 1 aromatic carbocycles. The Labute approximate surface area is 108 Å². The summed E-state index contributed by atoms with van der Waals surface area (Å²) in [4.78, 5) is 0. The van der Waals surface area contributed by atoms with Crippen LogP contribution in [-0.2, 0) is 0 Å². The summed E-state index contributed by atoms with van der Waals surface area (Å²) in [6.07, 6.45) is 2.07. The van der Waals surface area contributed by atoms with Crippen LogP contribution in [0.15, 0.2) is 23.8 Å². The molecule has 1 aromatic rings. The molecule has 0 amide bonds. The number of allylic oxidation sites excluding steroid dienone is 1. The maximum atomic E-state index is 5.94. The Morgan fingerprint density at radius 1 is 1.29 bits per heavy atom. The Balaban J connectivity index is 3.18. The monoisotopic (exact) mass is 254 g/mol. The summed E-state index contributed by atoms with van der Waals surface area (Å²) in [5.74, 6) is 2.59. The van der Waals surface area contributed by atoms with E-state index in [-0.39, 0.29) is 0 Å². The summed E-state index contributed by atoms with van der Waals surface area (Å²) in [5, 5.41) is 0. The number of methoxy groups -OCH3 is 2. The lowest BCUT2D eigenvalue weighted by atomic mass is 10.0. The number of hydrogen-bond acceptors (Lipinski definition) is 2. The second kappa shape index (κ2) is 6.55. The minimum absolute atomic E-state index is 0.420. The van der Waals surface area contributed by atoms with Crippen molar-refractivity contribution in [2.75, 3.05) is 20.1 Å². The predicted octanol–water partition coefficient (Wildman–Crippen LogP) is 3.98. The molecule has 0 radical (unpaired) electrons. The second-order valence-corrected chi connectivity index (χ2v) is 4.38. The number of benzene rings is 1. The van der Waals surface area contributed by atoms with Crippen LogP contribution >= 0.6 is 11.6 Å². The van der Waals surface area contributed by atoms with Gasteiger partial charge < -0.3 is 9.47 Å². The predicted molar refractivity (Wildman–Crippen MR) is 73.1 cm³/mol. The van der Waals surface area contributed by atoms with E-state index in [2.05, 4.69) is 19.9 Å². The largest absolute Gasteiger partial charge is 0.497 e. The molecular formula is C14H19ClO2. The third kappa shape index (κ3) is 3.67. The molecule has 0 spiro atoms. The van der Waals surface area contributed by atoms with Crippen LogP contribution in [-0.4, -0.2) is 20.1 Å². The molecule has 2 nitrogen and oxygen atoms in total. The van der Waals surface area contributed by atoms with E-state index >= 15 is 0 Å². The Morgan fingerprint density at radius 2 is 2.00 bits per heavy atom. The van der Waals surface area contributed by atoms with Gasteiger partial charge in [0.1, 0.15) is 11.5 Å². The van der Waals surface area contributed by atoms with Crippen LogP contribution in [0.3, 0.4) is 0 Å². The molecule has 0 N–H and O–H groups in total. The van der Waals surface area contributed by atoms with E-state index in [4.69, 9.17) is 21.1 Å². The molecule has 0 saturated carbocycles. The summed E-state index contributed by atoms with van der Waals surface area (Å²) < 4.78 is 10.5. The lowest BCUT2D eigenvalue weighted by Gasteiger charge is -2.11. The van der Waals surface area contributed by atoms with Crippen LogP contribution in [0.25, 0.3) is 6.08 Å². The van der Waals surface area contributed by atoms with Gasteiger partial charge in [0, 0.05) is 11.4 Å². The zero-order chi connectivity index (χ0) is 12.8. The normalized spacial score (nSPS) is 11.8. The van der Waals surface area contributed by atoms with Crippen molar-refractivity contribution in [1.82, 2.24) is 0 Å². The molecule has 1 rings (SSSR count). The summed E-state index contributed by atoms with van der Waals surface area (Å²) in [6.45, 7) is 4.25. The van der Waals surface area contributed by atoms with Crippen LogP contribution < -0.4 is 9.47 Å². The number of alkyl halides is 1. The molecule has 0 aliphatic carbocycles. The van der Waals surface area contributed by atoms with Gasteiger partial charge in [0.15, 0.2) is 0 Å². The SMILES string of the molecule is COc1ccc(OC)c(C=C(CCl)C(C)C)c1. The molecule has 17 heavy (non-hydrogen) atoms. The fourth-order valence-electron chi connectivity index (χ4n) is 1.51. The Morgan fingerprint density at radius 3 is 2.47 bits per heavy atom. The van der Waals surface area contributed by atoms with Crippen molar-refractivity contribution in [3.8, 4) is 11.5 Å². The smallest absolute Gasteiger partial charge is 0.126 e. The molecule has 0 aliphatic rings. The van der Waals surface area contributed by atoms with Crippen LogP contribution in [0.4, 0.5) is 0 Å². The molecule has 3 heteroatoms. The van der Waals surface area contributed by atoms with Gasteiger partial charge in [-0.25, -0.2) is 0 Å². The van der Waals surface area contributed by atoms with E-state index in [1.165, 1.54) is 5.57 Å². The summed E-state index contributed by atoms with van der Waals surface area (Å²) in [7, 11) is 3.31. The van der Waals surface area contributed by atoms with E-state index in [1.54, 1.807) is 14.2 Å². The number of halogens is 1. The van der Waals surface area contributed by atoms with Crippen LogP contribution in [0, 0.1) is 5.92 Å². The van der Waals surface area contributed by atoms with E-state index < -0.39 is 0 Å². The van der Waals surface area contributed by atoms with Crippen LogP contribution in [0.5, 0.6) is 11.5 Å². The highest BCUT2D eigenvalue weighted by atomic mass is 35.5. The topological polar surface area (TPSA) is 18.5 Å². The minimum atomic E-state index is 0.420. The van der Waals surface area contributed by atoms with E-state index in [9.17, 15) is 0 Å². The molecule has 0 saturated heterocycles. The lowest BCUT2D eigenvalue weighted by molar-refractivity contribution is 0.402. The summed E-state index contributed by atoms with van der Waals surface area (Å²) >= 11 is 5.94. The standard InChI is InChI=1S/C14H19ClO2/c1-10(2)12(9-15)7-11-8-13(16-3)5-6-14(11)17-4/h5-8,10H,9H2,1-4H3. The minimum Gasteiger partial charge on any atom is -0.497 e. The molecule has 0 atom stereocenters.